The van der Waals surface area contributed by atoms with Crippen molar-refractivity contribution in [1.82, 2.24) is 9.80 Å². The van der Waals surface area contributed by atoms with E-state index in [9.17, 15) is 14.4 Å². The zero-order valence-electron chi connectivity index (χ0n) is 12.1. The van der Waals surface area contributed by atoms with Crippen molar-refractivity contribution in [1.29, 1.82) is 5.26 Å². The number of carbonyl (C=O) groups is 3. The number of urea groups is 1. The third kappa shape index (κ3) is 2.79. The Kier molecular flexibility index (Phi) is 4.18. The average Bonchev–Trinajstić information content (AvgIpc) is 2.54. The molecule has 0 unspecified atom stereocenters. The molecular weight excluding hydrogens is 282 g/mol. The molecule has 0 radical (unpaired) electrons. The van der Waals surface area contributed by atoms with E-state index in [-0.39, 0.29) is 5.57 Å². The molecule has 4 amide bonds. The fourth-order valence-electron chi connectivity index (χ4n) is 1.96. The Morgan fingerprint density at radius 1 is 1.09 bits per heavy atom. The summed E-state index contributed by atoms with van der Waals surface area (Å²) in [5.74, 6) is -1.27. The number of hydrogen-bond donors (Lipinski definition) is 0. The number of imide groups is 2. The maximum Gasteiger partial charge on any atom is 0.333 e. The first-order valence-corrected chi connectivity index (χ1v) is 6.44. The van der Waals surface area contributed by atoms with Crippen molar-refractivity contribution >= 4 is 23.9 Å². The summed E-state index contributed by atoms with van der Waals surface area (Å²) in [6, 6.07) is 8.27. The Bertz CT molecular complexity index is 730. The number of rotatable bonds is 2. The van der Waals surface area contributed by atoms with Gasteiger partial charge in [-0.3, -0.25) is 19.4 Å². The molecule has 1 aliphatic rings. The fraction of sp³-hybridized carbons (Fsp3) is 0.125. The number of benzene rings is 1. The second-order valence-corrected chi connectivity index (χ2v) is 4.69. The Morgan fingerprint density at radius 3 is 2.32 bits per heavy atom. The van der Waals surface area contributed by atoms with Gasteiger partial charge in [-0.25, -0.2) is 4.79 Å². The van der Waals surface area contributed by atoms with Gasteiger partial charge in [0, 0.05) is 14.1 Å². The van der Waals surface area contributed by atoms with Crippen molar-refractivity contribution in [2.75, 3.05) is 14.1 Å². The summed E-state index contributed by atoms with van der Waals surface area (Å²) in [4.78, 5) is 37.3. The predicted octanol–water partition coefficient (Wildman–Crippen LogP) is 1.55. The summed E-state index contributed by atoms with van der Waals surface area (Å²) >= 11 is 0. The van der Waals surface area contributed by atoms with Crippen molar-refractivity contribution in [3.8, 4) is 6.07 Å². The maximum atomic E-state index is 11.9. The molecule has 0 aliphatic carbocycles. The van der Waals surface area contributed by atoms with Crippen molar-refractivity contribution in [2.24, 2.45) is 0 Å². The smallest absolute Gasteiger partial charge is 0.268 e. The maximum absolute atomic E-state index is 11.9. The normalized spacial score (nSPS) is 15.5. The Balaban J connectivity index is 2.26. The number of nitriles is 1. The summed E-state index contributed by atoms with van der Waals surface area (Å²) in [5.41, 5.74) is 1.20. The molecule has 1 saturated heterocycles. The van der Waals surface area contributed by atoms with Gasteiger partial charge in [-0.2, -0.15) is 5.26 Å². The topological polar surface area (TPSA) is 81.5 Å². The molecule has 1 aromatic carbocycles. The number of barbiturate groups is 1. The van der Waals surface area contributed by atoms with Gasteiger partial charge in [0.05, 0.1) is 11.6 Å². The highest BCUT2D eigenvalue weighted by atomic mass is 16.2. The highest BCUT2D eigenvalue weighted by Gasteiger charge is 2.37. The molecule has 0 atom stereocenters. The summed E-state index contributed by atoms with van der Waals surface area (Å²) in [5, 5.41) is 8.83. The Morgan fingerprint density at radius 2 is 1.73 bits per heavy atom. The van der Waals surface area contributed by atoms with Crippen LogP contribution in [0.25, 0.3) is 6.08 Å². The van der Waals surface area contributed by atoms with Crippen LogP contribution in [0.2, 0.25) is 0 Å². The number of nitrogens with zero attached hydrogens (tertiary/aromatic N) is 3. The van der Waals surface area contributed by atoms with E-state index in [0.29, 0.717) is 5.56 Å². The molecule has 110 valence electrons. The van der Waals surface area contributed by atoms with E-state index in [4.69, 9.17) is 5.26 Å². The molecular formula is C16H13N3O3. The fourth-order valence-corrected chi connectivity index (χ4v) is 1.96. The lowest BCUT2D eigenvalue weighted by Crippen LogP contribution is -2.52. The van der Waals surface area contributed by atoms with Crippen molar-refractivity contribution in [3.05, 3.63) is 53.1 Å². The van der Waals surface area contributed by atoms with Crippen LogP contribution in [0.1, 0.15) is 11.1 Å². The molecule has 0 spiro atoms. The summed E-state index contributed by atoms with van der Waals surface area (Å²) in [7, 11) is 2.64. The summed E-state index contributed by atoms with van der Waals surface area (Å²) in [6.45, 7) is 0. The number of carbonyl (C=O) groups excluding carboxylic acids is 3. The Labute approximate surface area is 127 Å². The number of likely N-dealkylation sites (N-methyl/N-ethyl adjacent to an activating group) is 2. The molecule has 1 heterocycles. The minimum atomic E-state index is -0.655. The molecule has 0 aromatic heterocycles. The van der Waals surface area contributed by atoms with Crippen LogP contribution in [-0.2, 0) is 9.59 Å². The average molecular weight is 295 g/mol. The van der Waals surface area contributed by atoms with Gasteiger partial charge in [-0.15, -0.1) is 0 Å². The third-order valence-electron chi connectivity index (χ3n) is 3.21. The lowest BCUT2D eigenvalue weighted by molar-refractivity contribution is -0.134. The molecule has 6 nitrogen and oxygen atoms in total. The lowest BCUT2D eigenvalue weighted by Gasteiger charge is -2.28. The van der Waals surface area contributed by atoms with Crippen LogP contribution in [0, 0.1) is 11.3 Å². The van der Waals surface area contributed by atoms with Crippen LogP contribution in [0.4, 0.5) is 4.79 Å². The third-order valence-corrected chi connectivity index (χ3v) is 3.21. The van der Waals surface area contributed by atoms with Gasteiger partial charge in [-0.05, 0) is 23.8 Å². The van der Waals surface area contributed by atoms with Crippen molar-refractivity contribution in [3.63, 3.8) is 0 Å². The second-order valence-electron chi connectivity index (χ2n) is 4.69. The van der Waals surface area contributed by atoms with Crippen LogP contribution in [-0.4, -0.2) is 41.7 Å². The largest absolute Gasteiger partial charge is 0.333 e. The van der Waals surface area contributed by atoms with E-state index in [0.717, 1.165) is 15.4 Å². The van der Waals surface area contributed by atoms with Crippen LogP contribution in [0.5, 0.6) is 0 Å². The van der Waals surface area contributed by atoms with Gasteiger partial charge >= 0.3 is 6.03 Å². The van der Waals surface area contributed by atoms with Crippen LogP contribution >= 0.6 is 0 Å². The van der Waals surface area contributed by atoms with E-state index < -0.39 is 17.8 Å². The highest BCUT2D eigenvalue weighted by molar-refractivity contribution is 6.28. The number of amides is 4. The first-order valence-electron chi connectivity index (χ1n) is 6.44. The molecule has 2 rings (SSSR count). The highest BCUT2D eigenvalue weighted by Crippen LogP contribution is 2.15. The first-order chi connectivity index (χ1) is 10.5. The van der Waals surface area contributed by atoms with Crippen molar-refractivity contribution < 1.29 is 14.4 Å². The minimum absolute atomic E-state index is 0.0858. The number of hydrogen-bond acceptors (Lipinski definition) is 4. The van der Waals surface area contributed by atoms with Gasteiger partial charge in [0.2, 0.25) is 0 Å². The van der Waals surface area contributed by atoms with Gasteiger partial charge < -0.3 is 0 Å². The van der Waals surface area contributed by atoms with E-state index in [1.165, 1.54) is 20.2 Å². The van der Waals surface area contributed by atoms with Crippen LogP contribution in [0.3, 0.4) is 0 Å². The van der Waals surface area contributed by atoms with Gasteiger partial charge in [0.15, 0.2) is 0 Å². The summed E-state index contributed by atoms with van der Waals surface area (Å²) < 4.78 is 0. The van der Waals surface area contributed by atoms with Crippen molar-refractivity contribution in [2.45, 2.75) is 0 Å². The minimum Gasteiger partial charge on any atom is -0.268 e. The van der Waals surface area contributed by atoms with E-state index in [1.807, 2.05) is 6.07 Å². The zero-order chi connectivity index (χ0) is 16.3. The van der Waals surface area contributed by atoms with Gasteiger partial charge in [-0.1, -0.05) is 24.3 Å². The molecule has 0 bridgehead atoms. The molecule has 0 saturated carbocycles. The predicted molar refractivity (Wildman–Crippen MR) is 79.2 cm³/mol. The molecule has 22 heavy (non-hydrogen) atoms. The second kappa shape index (κ2) is 6.06. The SMILES string of the molecule is CN1C(=O)C(=C/C=C/c2cccc(C#N)c2)C(=O)N(C)C1=O. The molecule has 1 fully saturated rings. The van der Waals surface area contributed by atoms with E-state index in [1.54, 1.807) is 36.4 Å². The van der Waals surface area contributed by atoms with Gasteiger partial charge in [0.1, 0.15) is 5.57 Å². The lowest BCUT2D eigenvalue weighted by atomic mass is 10.1. The van der Waals surface area contributed by atoms with Crippen LogP contribution < -0.4 is 0 Å². The van der Waals surface area contributed by atoms with Gasteiger partial charge in [0.25, 0.3) is 11.8 Å². The monoisotopic (exact) mass is 295 g/mol. The van der Waals surface area contributed by atoms with E-state index >= 15 is 0 Å². The summed E-state index contributed by atoms with van der Waals surface area (Å²) in [6.07, 6.45) is 4.58. The first kappa shape index (κ1) is 15.2. The Hall–Kier alpha value is -3.20. The molecule has 1 aliphatic heterocycles. The molecule has 1 aromatic rings. The number of allylic oxidation sites excluding steroid dienone is 2. The van der Waals surface area contributed by atoms with Crippen LogP contribution in [0.15, 0.2) is 42.0 Å². The molecule has 0 N–H and O–H groups in total. The molecule has 6 heteroatoms. The van der Waals surface area contributed by atoms with E-state index in [2.05, 4.69) is 0 Å². The standard InChI is InChI=1S/C16H13N3O3/c1-18-14(20)13(15(21)19(2)16(18)22)8-4-6-11-5-3-7-12(9-11)10-17/h3-9H,1-2H3/b6-4+. The zero-order valence-corrected chi connectivity index (χ0v) is 12.1. The quantitative estimate of drug-likeness (QED) is 0.612.